The topological polar surface area (TPSA) is 21.3 Å². The van der Waals surface area contributed by atoms with E-state index in [-0.39, 0.29) is 28.5 Å². The van der Waals surface area contributed by atoms with Crippen LogP contribution < -0.4 is 15.8 Å². The minimum Gasteiger partial charge on any atom is -0.455 e. The molecule has 9 aromatic rings. The number of furan rings is 1. The number of hydrogen-bond acceptors (Lipinski definition) is 2. The molecule has 7 aromatic carbocycles. The van der Waals surface area contributed by atoms with Gasteiger partial charge in [0.25, 0.3) is 0 Å². The Morgan fingerprint density at radius 2 is 1.12 bits per heavy atom. The Morgan fingerprint density at radius 3 is 1.77 bits per heavy atom. The van der Waals surface area contributed by atoms with Gasteiger partial charge in [-0.15, -0.1) is 0 Å². The molecule has 11 rings (SSSR count). The van der Waals surface area contributed by atoms with Crippen LogP contribution >= 0.6 is 0 Å². The average Bonchev–Trinajstić information content (AvgIpc) is 3.75. The van der Waals surface area contributed by atoms with E-state index < -0.39 is 0 Å². The van der Waals surface area contributed by atoms with E-state index in [1.54, 1.807) is 0 Å². The van der Waals surface area contributed by atoms with Crippen molar-refractivity contribution in [1.29, 1.82) is 0 Å². The Labute approximate surface area is 386 Å². The van der Waals surface area contributed by atoms with E-state index in [1.165, 1.54) is 111 Å². The second-order valence-corrected chi connectivity index (χ2v) is 23.7. The lowest BCUT2D eigenvalue weighted by Crippen LogP contribution is -2.56. The minimum atomic E-state index is -0.112. The maximum Gasteiger partial charge on any atom is 0.333 e. The zero-order chi connectivity index (χ0) is 46.0. The van der Waals surface area contributed by atoms with Gasteiger partial charge < -0.3 is 13.8 Å². The van der Waals surface area contributed by atoms with Gasteiger partial charge in [0, 0.05) is 60.8 Å². The van der Waals surface area contributed by atoms with Crippen LogP contribution in [0.5, 0.6) is 0 Å². The predicted molar refractivity (Wildman–Crippen MR) is 282 cm³/mol. The van der Waals surface area contributed by atoms with Gasteiger partial charge >= 0.3 is 6.85 Å². The molecule has 0 saturated heterocycles. The standard InChI is InChI=1S/C61H63BN2O/c1-34-19-24-52-44(25-34)46-33-51-55-54(57(46)65-52)47-32-41(61(13,14)15)31-45-43-30-38(58(4,5)6)21-23-49(43)64(56(45)47)62(55)48-22-20-37(53-35(2)17-16-18-36(53)3)26-50(48)63(51)42-28-39(59(7,8)9)27-40(29-42)60(10,11)12/h16-33H,1-15H3. The number of benzene rings is 7. The number of nitrogens with zero attached hydrogens (tertiary/aromatic N) is 2. The summed E-state index contributed by atoms with van der Waals surface area (Å²) < 4.78 is 9.93. The van der Waals surface area contributed by atoms with E-state index in [1.807, 2.05) is 0 Å². The van der Waals surface area contributed by atoms with E-state index in [0.29, 0.717) is 0 Å². The SMILES string of the molecule is Cc1ccc2oc3c4c5c(cc3c2c1)N(c1cc(C(C)(C)C)cc(C(C)(C)C)c1)c1cc(-c2c(C)cccc2C)ccc1B5n1c2ccc(C(C)(C)C)cc2c2cc(C(C)(C)C)cc-4c21. The molecule has 0 bridgehead atoms. The lowest BCUT2D eigenvalue weighted by atomic mass is 9.45. The van der Waals surface area contributed by atoms with Crippen LogP contribution in [0.25, 0.3) is 66.0 Å². The van der Waals surface area contributed by atoms with Gasteiger partial charge in [-0.3, -0.25) is 0 Å². The summed E-state index contributed by atoms with van der Waals surface area (Å²) in [7, 11) is 0. The van der Waals surface area contributed by atoms with Crippen LogP contribution in [0, 0.1) is 20.8 Å². The lowest BCUT2D eigenvalue weighted by molar-refractivity contribution is 0.569. The third-order valence-corrected chi connectivity index (χ3v) is 14.9. The van der Waals surface area contributed by atoms with Gasteiger partial charge in [-0.1, -0.05) is 137 Å². The highest BCUT2D eigenvalue weighted by atomic mass is 16.3. The molecular formula is C61H63BN2O. The van der Waals surface area contributed by atoms with Crippen LogP contribution in [0.4, 0.5) is 17.1 Å². The molecule has 0 unspecified atom stereocenters. The molecule has 65 heavy (non-hydrogen) atoms. The molecule has 0 radical (unpaired) electrons. The fraction of sp³-hybridized carbons (Fsp3) is 0.311. The van der Waals surface area contributed by atoms with E-state index in [9.17, 15) is 0 Å². The Morgan fingerprint density at radius 1 is 0.492 bits per heavy atom. The first-order chi connectivity index (χ1) is 30.5. The van der Waals surface area contributed by atoms with E-state index in [4.69, 9.17) is 4.42 Å². The maximum absolute atomic E-state index is 7.22. The highest BCUT2D eigenvalue weighted by Gasteiger charge is 2.45. The molecule has 0 N–H and O–H groups in total. The van der Waals surface area contributed by atoms with Gasteiger partial charge in [0.15, 0.2) is 0 Å². The minimum absolute atomic E-state index is 0.00248. The first kappa shape index (κ1) is 41.7. The van der Waals surface area contributed by atoms with Crippen LogP contribution in [-0.4, -0.2) is 11.3 Å². The molecule has 0 spiro atoms. The van der Waals surface area contributed by atoms with E-state index >= 15 is 0 Å². The van der Waals surface area contributed by atoms with E-state index in [2.05, 4.69) is 222 Å². The van der Waals surface area contributed by atoms with Gasteiger partial charge in [-0.05, 0) is 159 Å². The molecule has 2 aromatic heterocycles. The van der Waals surface area contributed by atoms with Gasteiger partial charge in [0.1, 0.15) is 11.2 Å². The number of anilines is 3. The summed E-state index contributed by atoms with van der Waals surface area (Å²) in [5.74, 6) is 0. The van der Waals surface area contributed by atoms with Crippen molar-refractivity contribution < 1.29 is 4.42 Å². The third kappa shape index (κ3) is 6.22. The zero-order valence-corrected chi connectivity index (χ0v) is 41.3. The summed E-state index contributed by atoms with van der Waals surface area (Å²) in [5.41, 5.74) is 24.6. The summed E-state index contributed by atoms with van der Waals surface area (Å²) in [5, 5.41) is 4.95. The molecule has 3 nitrogen and oxygen atoms in total. The number of rotatable bonds is 2. The van der Waals surface area contributed by atoms with Crippen molar-refractivity contribution in [3.63, 3.8) is 0 Å². The largest absolute Gasteiger partial charge is 0.455 e. The Kier molecular flexibility index (Phi) is 8.68. The second kappa shape index (κ2) is 13.5. The van der Waals surface area contributed by atoms with E-state index in [0.717, 1.165) is 21.9 Å². The molecule has 0 saturated carbocycles. The van der Waals surface area contributed by atoms with Crippen molar-refractivity contribution in [1.82, 2.24) is 4.48 Å². The van der Waals surface area contributed by atoms with Crippen molar-refractivity contribution in [2.45, 2.75) is 126 Å². The number of aryl methyl sites for hydroxylation is 3. The van der Waals surface area contributed by atoms with Gasteiger partial charge in [-0.25, -0.2) is 0 Å². The molecule has 0 amide bonds. The molecule has 4 heterocycles. The van der Waals surface area contributed by atoms with Crippen molar-refractivity contribution >= 4 is 78.6 Å². The predicted octanol–water partition coefficient (Wildman–Crippen LogP) is 15.9. The summed E-state index contributed by atoms with van der Waals surface area (Å²) in [4.78, 5) is 2.64. The van der Waals surface area contributed by atoms with Crippen LogP contribution in [0.15, 0.2) is 114 Å². The molecule has 0 atom stereocenters. The molecule has 4 heteroatoms. The summed E-state index contributed by atoms with van der Waals surface area (Å²) in [6.07, 6.45) is 0. The fourth-order valence-corrected chi connectivity index (χ4v) is 11.1. The van der Waals surface area contributed by atoms with Crippen molar-refractivity contribution in [3.8, 4) is 22.3 Å². The smallest absolute Gasteiger partial charge is 0.333 e. The van der Waals surface area contributed by atoms with Gasteiger partial charge in [0.05, 0.1) is 0 Å². The number of aromatic nitrogens is 1. The summed E-state index contributed by atoms with van der Waals surface area (Å²) in [6.45, 7) is 34.8. The molecule has 326 valence electrons. The summed E-state index contributed by atoms with van der Waals surface area (Å²) in [6, 6.07) is 42.9. The normalized spacial score (nSPS) is 14.0. The third-order valence-electron chi connectivity index (χ3n) is 14.9. The van der Waals surface area contributed by atoms with Crippen LogP contribution in [0.2, 0.25) is 0 Å². The fourth-order valence-electron chi connectivity index (χ4n) is 11.1. The maximum atomic E-state index is 7.22. The highest BCUT2D eigenvalue weighted by molar-refractivity contribution is 6.90. The van der Waals surface area contributed by atoms with Crippen LogP contribution in [-0.2, 0) is 21.7 Å². The molecular weight excluding hydrogens is 787 g/mol. The lowest BCUT2D eigenvalue weighted by Gasteiger charge is -2.41. The Bertz CT molecular complexity index is 3460. The average molecular weight is 851 g/mol. The molecule has 0 aliphatic carbocycles. The highest BCUT2D eigenvalue weighted by Crippen LogP contribution is 2.52. The van der Waals surface area contributed by atoms with Crippen LogP contribution in [0.1, 0.15) is 122 Å². The van der Waals surface area contributed by atoms with Crippen molar-refractivity contribution in [2.75, 3.05) is 4.90 Å². The summed E-state index contributed by atoms with van der Waals surface area (Å²) >= 11 is 0. The monoisotopic (exact) mass is 851 g/mol. The van der Waals surface area contributed by atoms with Crippen molar-refractivity contribution in [2.24, 2.45) is 0 Å². The number of fused-ring (bicyclic) bond motifs is 11. The van der Waals surface area contributed by atoms with Crippen LogP contribution in [0.3, 0.4) is 0 Å². The number of hydrogen-bond donors (Lipinski definition) is 0. The van der Waals surface area contributed by atoms with Gasteiger partial charge in [0.2, 0.25) is 0 Å². The molecule has 2 aliphatic heterocycles. The van der Waals surface area contributed by atoms with Gasteiger partial charge in [-0.2, -0.15) is 0 Å². The quantitative estimate of drug-likeness (QED) is 0.162. The second-order valence-electron chi connectivity index (χ2n) is 23.7. The first-order valence-electron chi connectivity index (χ1n) is 23.8. The first-order valence-corrected chi connectivity index (χ1v) is 23.8. The molecule has 2 aliphatic rings. The Hall–Kier alpha value is -6.00. The zero-order valence-electron chi connectivity index (χ0n) is 41.3. The molecule has 0 fully saturated rings. The Balaban J connectivity index is 1.37. The van der Waals surface area contributed by atoms with Crippen molar-refractivity contribution in [3.05, 3.63) is 148 Å².